The molecule has 1 atom stereocenters. The molecule has 0 aliphatic rings. The highest BCUT2D eigenvalue weighted by Crippen LogP contribution is 2.11. The van der Waals surface area contributed by atoms with Crippen LogP contribution in [0.1, 0.15) is 32.8 Å². The van der Waals surface area contributed by atoms with Crippen molar-refractivity contribution in [1.29, 1.82) is 0 Å². The van der Waals surface area contributed by atoms with Crippen LogP contribution in [0.5, 0.6) is 0 Å². The minimum atomic E-state index is -0.743. The summed E-state index contributed by atoms with van der Waals surface area (Å²) >= 11 is 0. The van der Waals surface area contributed by atoms with Crippen LogP contribution in [0.25, 0.3) is 0 Å². The Morgan fingerprint density at radius 1 is 1.29 bits per heavy atom. The zero-order valence-corrected chi connectivity index (χ0v) is 12.7. The molecule has 4 heteroatoms. The first kappa shape index (κ1) is 16.8. The van der Waals surface area contributed by atoms with E-state index in [0.717, 1.165) is 5.56 Å². The monoisotopic (exact) mass is 287 g/mol. The molecule has 0 fully saturated rings. The maximum atomic E-state index is 12.2. The zero-order chi connectivity index (χ0) is 15.9. The Morgan fingerprint density at radius 2 is 1.90 bits per heavy atom. The summed E-state index contributed by atoms with van der Waals surface area (Å²) in [4.78, 5) is 23.9. The second-order valence-electron chi connectivity index (χ2n) is 5.72. The predicted octanol–water partition coefficient (Wildman–Crippen LogP) is 2.08. The maximum absolute atomic E-state index is 12.2. The molecule has 0 heterocycles. The number of carbonyl (C=O) groups is 2. The number of hydrogen-bond donors (Lipinski definition) is 1. The van der Waals surface area contributed by atoms with E-state index < -0.39 is 17.6 Å². The van der Waals surface area contributed by atoms with Crippen LogP contribution in [0.15, 0.2) is 30.3 Å². The first-order chi connectivity index (χ1) is 9.81. The van der Waals surface area contributed by atoms with Gasteiger partial charge in [0.15, 0.2) is 0 Å². The molecule has 0 unspecified atom stereocenters. The van der Waals surface area contributed by atoms with Gasteiger partial charge >= 0.3 is 5.97 Å². The second-order valence-corrected chi connectivity index (χ2v) is 5.72. The summed E-state index contributed by atoms with van der Waals surface area (Å²) in [6.07, 6.45) is 5.41. The van der Waals surface area contributed by atoms with Crippen molar-refractivity contribution in [2.75, 3.05) is 0 Å². The number of amides is 1. The van der Waals surface area contributed by atoms with Crippen LogP contribution in [0.2, 0.25) is 0 Å². The summed E-state index contributed by atoms with van der Waals surface area (Å²) in [7, 11) is 0. The van der Waals surface area contributed by atoms with Gasteiger partial charge in [-0.05, 0) is 26.3 Å². The molecule has 1 amide bonds. The fourth-order valence-electron chi connectivity index (χ4n) is 1.75. The predicted molar refractivity (Wildman–Crippen MR) is 81.4 cm³/mol. The quantitative estimate of drug-likeness (QED) is 0.666. The molecule has 0 aromatic heterocycles. The van der Waals surface area contributed by atoms with Gasteiger partial charge in [-0.3, -0.25) is 4.79 Å². The Kier molecular flexibility index (Phi) is 5.98. The van der Waals surface area contributed by atoms with Crippen LogP contribution >= 0.6 is 0 Å². The Balaban J connectivity index is 2.81. The van der Waals surface area contributed by atoms with E-state index in [9.17, 15) is 9.59 Å². The minimum Gasteiger partial charge on any atom is -0.458 e. The molecule has 21 heavy (non-hydrogen) atoms. The number of esters is 1. The third kappa shape index (κ3) is 6.62. The van der Waals surface area contributed by atoms with E-state index in [2.05, 4.69) is 11.2 Å². The van der Waals surface area contributed by atoms with E-state index >= 15 is 0 Å². The van der Waals surface area contributed by atoms with E-state index in [0.29, 0.717) is 6.42 Å². The largest absolute Gasteiger partial charge is 0.458 e. The summed E-state index contributed by atoms with van der Waals surface area (Å²) < 4.78 is 5.35. The van der Waals surface area contributed by atoms with E-state index in [1.807, 2.05) is 30.3 Å². The number of carbonyl (C=O) groups excluding carboxylic acids is 2. The van der Waals surface area contributed by atoms with Crippen molar-refractivity contribution in [3.8, 4) is 12.3 Å². The van der Waals surface area contributed by atoms with Crippen molar-refractivity contribution in [1.82, 2.24) is 5.32 Å². The van der Waals surface area contributed by atoms with Crippen molar-refractivity contribution in [3.05, 3.63) is 35.9 Å². The molecule has 0 bridgehead atoms. The van der Waals surface area contributed by atoms with Gasteiger partial charge in [0, 0.05) is 6.42 Å². The molecule has 0 aliphatic heterocycles. The first-order valence-electron chi connectivity index (χ1n) is 6.81. The van der Waals surface area contributed by atoms with Crippen LogP contribution in [-0.2, 0) is 20.7 Å². The van der Waals surface area contributed by atoms with Crippen molar-refractivity contribution in [2.45, 2.75) is 45.3 Å². The van der Waals surface area contributed by atoms with Crippen LogP contribution in [-0.4, -0.2) is 23.5 Å². The number of terminal acetylenes is 1. The van der Waals surface area contributed by atoms with Gasteiger partial charge in [0.2, 0.25) is 5.91 Å². The average molecular weight is 287 g/mol. The second kappa shape index (κ2) is 7.49. The molecule has 1 rings (SSSR count). The molecule has 1 aromatic carbocycles. The molecule has 4 nitrogen and oxygen atoms in total. The van der Waals surface area contributed by atoms with E-state index in [4.69, 9.17) is 11.2 Å². The maximum Gasteiger partial charge on any atom is 0.329 e. The van der Waals surface area contributed by atoms with E-state index in [1.165, 1.54) is 0 Å². The van der Waals surface area contributed by atoms with Gasteiger partial charge < -0.3 is 10.1 Å². The van der Waals surface area contributed by atoms with Crippen molar-refractivity contribution < 1.29 is 14.3 Å². The van der Waals surface area contributed by atoms with Crippen LogP contribution in [0.3, 0.4) is 0 Å². The molecule has 1 aromatic rings. The summed E-state index contributed by atoms with van der Waals surface area (Å²) in [5, 5.41) is 2.63. The van der Waals surface area contributed by atoms with Gasteiger partial charge in [0.1, 0.15) is 11.6 Å². The summed E-state index contributed by atoms with van der Waals surface area (Å²) in [6.45, 7) is 5.36. The number of ether oxygens (including phenoxy) is 1. The van der Waals surface area contributed by atoms with E-state index in [1.54, 1.807) is 20.8 Å². The van der Waals surface area contributed by atoms with Gasteiger partial charge in [0.25, 0.3) is 0 Å². The Labute approximate surface area is 125 Å². The SMILES string of the molecule is C#CCC(=O)N[C@@H](Cc1ccccc1)C(=O)OC(C)(C)C. The molecule has 0 aliphatic carbocycles. The molecule has 1 N–H and O–H groups in total. The lowest BCUT2D eigenvalue weighted by Crippen LogP contribution is -2.45. The highest BCUT2D eigenvalue weighted by Gasteiger charge is 2.26. The molecule has 0 spiro atoms. The smallest absolute Gasteiger partial charge is 0.329 e. The fourth-order valence-corrected chi connectivity index (χ4v) is 1.75. The molecule has 0 saturated heterocycles. The number of nitrogens with one attached hydrogen (secondary N) is 1. The first-order valence-corrected chi connectivity index (χ1v) is 6.81. The average Bonchev–Trinajstić information content (AvgIpc) is 2.37. The Bertz CT molecular complexity index is 523. The minimum absolute atomic E-state index is 0.0614. The number of benzene rings is 1. The lowest BCUT2D eigenvalue weighted by Gasteiger charge is -2.24. The molecular weight excluding hydrogens is 266 g/mol. The number of rotatable bonds is 5. The van der Waals surface area contributed by atoms with Crippen molar-refractivity contribution in [3.63, 3.8) is 0 Å². The van der Waals surface area contributed by atoms with Gasteiger partial charge in [-0.15, -0.1) is 6.42 Å². The summed E-state index contributed by atoms with van der Waals surface area (Å²) in [5.74, 6) is 1.44. The van der Waals surface area contributed by atoms with Crippen molar-refractivity contribution in [2.24, 2.45) is 0 Å². The third-order valence-electron chi connectivity index (χ3n) is 2.57. The molecule has 0 radical (unpaired) electrons. The molecule has 0 saturated carbocycles. The standard InChI is InChI=1S/C17H21NO3/c1-5-9-15(19)18-14(16(20)21-17(2,3)4)12-13-10-7-6-8-11-13/h1,6-8,10-11,14H,9,12H2,2-4H3,(H,18,19)/t14-/m0/s1. The zero-order valence-electron chi connectivity index (χ0n) is 12.7. The third-order valence-corrected chi connectivity index (χ3v) is 2.57. The van der Waals surface area contributed by atoms with Crippen molar-refractivity contribution >= 4 is 11.9 Å². The highest BCUT2D eigenvalue weighted by molar-refractivity contribution is 5.85. The normalized spacial score (nSPS) is 12.1. The van der Waals surface area contributed by atoms with Gasteiger partial charge in [-0.2, -0.15) is 0 Å². The Morgan fingerprint density at radius 3 is 2.43 bits per heavy atom. The van der Waals surface area contributed by atoms with Crippen LogP contribution < -0.4 is 5.32 Å². The van der Waals surface area contributed by atoms with Gasteiger partial charge in [0.05, 0.1) is 6.42 Å². The molecule has 112 valence electrons. The fraction of sp³-hybridized carbons (Fsp3) is 0.412. The topological polar surface area (TPSA) is 55.4 Å². The highest BCUT2D eigenvalue weighted by atomic mass is 16.6. The Hall–Kier alpha value is -2.28. The number of hydrogen-bond acceptors (Lipinski definition) is 3. The van der Waals surface area contributed by atoms with Gasteiger partial charge in [-0.25, -0.2) is 4.79 Å². The molecular formula is C17H21NO3. The summed E-state index contributed by atoms with van der Waals surface area (Å²) in [6, 6.07) is 8.70. The summed E-state index contributed by atoms with van der Waals surface area (Å²) in [5.41, 5.74) is 0.331. The van der Waals surface area contributed by atoms with Crippen LogP contribution in [0, 0.1) is 12.3 Å². The lowest BCUT2D eigenvalue weighted by atomic mass is 10.1. The lowest BCUT2D eigenvalue weighted by molar-refractivity contribution is -0.158. The van der Waals surface area contributed by atoms with Gasteiger partial charge in [-0.1, -0.05) is 36.3 Å². The van der Waals surface area contributed by atoms with E-state index in [-0.39, 0.29) is 12.3 Å². The van der Waals surface area contributed by atoms with Crippen LogP contribution in [0.4, 0.5) is 0 Å².